The second-order valence-corrected chi connectivity index (χ2v) is 6.88. The van der Waals surface area contributed by atoms with Gasteiger partial charge in [0.1, 0.15) is 11.9 Å². The lowest BCUT2D eigenvalue weighted by Crippen LogP contribution is -2.50. The van der Waals surface area contributed by atoms with E-state index in [9.17, 15) is 38.1 Å². The summed E-state index contributed by atoms with van der Waals surface area (Å²) < 4.78 is 39.9. The zero-order chi connectivity index (χ0) is 24.3. The van der Waals surface area contributed by atoms with E-state index in [-0.39, 0.29) is 48.9 Å². The molecule has 0 saturated carbocycles. The van der Waals surface area contributed by atoms with Gasteiger partial charge in [-0.2, -0.15) is 18.4 Å². The number of nitro benzene ring substituents is 1. The van der Waals surface area contributed by atoms with Crippen LogP contribution in [0.25, 0.3) is 0 Å². The van der Waals surface area contributed by atoms with Crippen LogP contribution in [0.2, 0.25) is 0 Å². The number of carboxylic acid groups (broad SMARTS) is 1. The first kappa shape index (κ1) is 23.3. The van der Waals surface area contributed by atoms with Gasteiger partial charge in [-0.05, 0) is 12.1 Å². The molecule has 0 spiro atoms. The van der Waals surface area contributed by atoms with E-state index in [4.69, 9.17) is 5.11 Å². The van der Waals surface area contributed by atoms with Gasteiger partial charge in [0, 0.05) is 44.0 Å². The molecule has 11 nitrogen and oxygen atoms in total. The number of piperazine rings is 1. The minimum Gasteiger partial charge on any atom is -0.478 e. The van der Waals surface area contributed by atoms with E-state index in [1.165, 1.54) is 34.1 Å². The molecule has 1 saturated heterocycles. The van der Waals surface area contributed by atoms with Crippen LogP contribution in [0.5, 0.6) is 0 Å². The van der Waals surface area contributed by atoms with Crippen LogP contribution in [0.3, 0.4) is 0 Å². The molecule has 0 unspecified atom stereocenters. The van der Waals surface area contributed by atoms with Crippen molar-refractivity contribution in [1.29, 1.82) is 5.26 Å². The molecule has 2 amide bonds. The SMILES string of the molecule is N#Cc1cc(C(=O)O)c(C(F)(F)F)nc1N1CCN(C(=O)Nc2cccc([N+](=O)[O-])c2)CC1. The molecule has 0 bridgehead atoms. The number of amides is 2. The lowest BCUT2D eigenvalue weighted by atomic mass is 10.1. The third kappa shape index (κ3) is 5.09. The van der Waals surface area contributed by atoms with Gasteiger partial charge in [0.25, 0.3) is 5.69 Å². The Kier molecular flexibility index (Phi) is 6.33. The lowest BCUT2D eigenvalue weighted by Gasteiger charge is -2.36. The van der Waals surface area contributed by atoms with Gasteiger partial charge in [0.2, 0.25) is 0 Å². The number of aromatic carboxylic acids is 1. The largest absolute Gasteiger partial charge is 0.478 e. The summed E-state index contributed by atoms with van der Waals surface area (Å²) in [7, 11) is 0. The van der Waals surface area contributed by atoms with E-state index in [2.05, 4.69) is 10.3 Å². The van der Waals surface area contributed by atoms with Crippen LogP contribution >= 0.6 is 0 Å². The number of hydrogen-bond donors (Lipinski definition) is 2. The zero-order valence-electron chi connectivity index (χ0n) is 16.7. The number of non-ortho nitro benzene ring substituents is 1. The Morgan fingerprint density at radius 3 is 2.42 bits per heavy atom. The molecule has 33 heavy (non-hydrogen) atoms. The van der Waals surface area contributed by atoms with E-state index < -0.39 is 34.4 Å². The Hall–Kier alpha value is -4.41. The van der Waals surface area contributed by atoms with Gasteiger partial charge in [-0.1, -0.05) is 6.07 Å². The molecule has 2 N–H and O–H groups in total. The topological polar surface area (TPSA) is 153 Å². The van der Waals surface area contributed by atoms with Crippen LogP contribution in [-0.4, -0.2) is 58.1 Å². The molecule has 1 fully saturated rings. The molecular formula is C19H15F3N6O5. The predicted octanol–water partition coefficient (Wildman–Crippen LogP) is 2.93. The van der Waals surface area contributed by atoms with E-state index in [0.717, 1.165) is 0 Å². The number of carbonyl (C=O) groups is 2. The molecule has 0 aliphatic carbocycles. The van der Waals surface area contributed by atoms with Crippen LogP contribution in [0.15, 0.2) is 30.3 Å². The van der Waals surface area contributed by atoms with Crippen molar-refractivity contribution < 1.29 is 32.8 Å². The summed E-state index contributed by atoms with van der Waals surface area (Å²) in [5.41, 5.74) is -3.09. The number of nitrogens with zero attached hydrogens (tertiary/aromatic N) is 5. The number of anilines is 2. The highest BCUT2D eigenvalue weighted by molar-refractivity contribution is 5.91. The molecule has 172 valence electrons. The van der Waals surface area contributed by atoms with Gasteiger partial charge in [0.05, 0.1) is 16.1 Å². The minimum atomic E-state index is -5.05. The molecule has 1 aliphatic rings. The van der Waals surface area contributed by atoms with Crippen LogP contribution in [0.4, 0.5) is 35.2 Å². The minimum absolute atomic E-state index is 0.0216. The maximum atomic E-state index is 13.3. The van der Waals surface area contributed by atoms with Crippen LogP contribution in [-0.2, 0) is 6.18 Å². The average Bonchev–Trinajstić information content (AvgIpc) is 2.77. The van der Waals surface area contributed by atoms with Crippen LogP contribution < -0.4 is 10.2 Å². The molecule has 3 rings (SSSR count). The first-order valence-electron chi connectivity index (χ1n) is 9.32. The number of halogens is 3. The van der Waals surface area contributed by atoms with Gasteiger partial charge in [-0.15, -0.1) is 0 Å². The first-order chi connectivity index (χ1) is 15.5. The molecule has 0 atom stereocenters. The Morgan fingerprint density at radius 2 is 1.88 bits per heavy atom. The summed E-state index contributed by atoms with van der Waals surface area (Å²) in [5.74, 6) is -2.19. The Labute approximate surface area is 183 Å². The summed E-state index contributed by atoms with van der Waals surface area (Å²) in [6.07, 6.45) is -5.05. The first-order valence-corrected chi connectivity index (χ1v) is 9.32. The third-order valence-electron chi connectivity index (χ3n) is 4.80. The Balaban J connectivity index is 1.76. The van der Waals surface area contributed by atoms with Gasteiger partial charge in [0.15, 0.2) is 5.69 Å². The van der Waals surface area contributed by atoms with Crippen molar-refractivity contribution in [2.24, 2.45) is 0 Å². The van der Waals surface area contributed by atoms with E-state index in [1.807, 2.05) is 0 Å². The number of nitro groups is 1. The fourth-order valence-corrected chi connectivity index (χ4v) is 3.23. The molecule has 14 heteroatoms. The van der Waals surface area contributed by atoms with E-state index in [0.29, 0.717) is 6.07 Å². The zero-order valence-corrected chi connectivity index (χ0v) is 16.7. The van der Waals surface area contributed by atoms with E-state index in [1.54, 1.807) is 6.07 Å². The maximum absolute atomic E-state index is 13.3. The highest BCUT2D eigenvalue weighted by Gasteiger charge is 2.39. The van der Waals surface area contributed by atoms with Crippen molar-refractivity contribution in [2.45, 2.75) is 6.18 Å². The fourth-order valence-electron chi connectivity index (χ4n) is 3.23. The standard InChI is InChI=1S/C19H15F3N6O5/c20-19(21,22)15-14(17(29)30)8-11(10-23)16(25-15)26-4-6-27(7-5-26)18(31)24-12-2-1-3-13(9-12)28(32)33/h1-3,8-9H,4-7H2,(H,24,31)(H,29,30). The summed E-state index contributed by atoms with van der Waals surface area (Å²) in [5, 5.41) is 31.7. The van der Waals surface area contributed by atoms with Gasteiger partial charge < -0.3 is 20.2 Å². The molecule has 1 aromatic heterocycles. The number of benzene rings is 1. The van der Waals surface area contributed by atoms with Crippen molar-refractivity contribution >= 4 is 29.2 Å². The maximum Gasteiger partial charge on any atom is 0.434 e. The molecule has 2 aromatic rings. The second-order valence-electron chi connectivity index (χ2n) is 6.88. The van der Waals surface area contributed by atoms with Crippen LogP contribution in [0, 0.1) is 21.4 Å². The normalized spacial score (nSPS) is 13.9. The monoisotopic (exact) mass is 464 g/mol. The van der Waals surface area contributed by atoms with Crippen molar-refractivity contribution in [3.05, 3.63) is 57.3 Å². The quantitative estimate of drug-likeness (QED) is 0.517. The number of hydrogen-bond acceptors (Lipinski definition) is 7. The molecular weight excluding hydrogens is 449 g/mol. The Bertz CT molecular complexity index is 1160. The number of nitrogens with one attached hydrogen (secondary N) is 1. The molecule has 0 radical (unpaired) electrons. The van der Waals surface area contributed by atoms with Crippen molar-refractivity contribution in [3.8, 4) is 6.07 Å². The smallest absolute Gasteiger partial charge is 0.434 e. The van der Waals surface area contributed by atoms with Crippen molar-refractivity contribution in [2.75, 3.05) is 36.4 Å². The number of rotatable bonds is 4. The highest BCUT2D eigenvalue weighted by Crippen LogP contribution is 2.34. The van der Waals surface area contributed by atoms with Gasteiger partial charge in [-0.3, -0.25) is 10.1 Å². The number of urea groups is 1. The van der Waals surface area contributed by atoms with E-state index >= 15 is 0 Å². The summed E-state index contributed by atoms with van der Waals surface area (Å²) in [4.78, 5) is 40.0. The lowest BCUT2D eigenvalue weighted by molar-refractivity contribution is -0.384. The fraction of sp³-hybridized carbons (Fsp3) is 0.263. The second kappa shape index (κ2) is 8.99. The molecule has 2 heterocycles. The van der Waals surface area contributed by atoms with Gasteiger partial charge >= 0.3 is 18.2 Å². The average molecular weight is 464 g/mol. The highest BCUT2D eigenvalue weighted by atomic mass is 19.4. The summed E-state index contributed by atoms with van der Waals surface area (Å²) >= 11 is 0. The Morgan fingerprint density at radius 1 is 1.21 bits per heavy atom. The third-order valence-corrected chi connectivity index (χ3v) is 4.80. The molecule has 1 aromatic carbocycles. The summed E-state index contributed by atoms with van der Waals surface area (Å²) in [6.45, 7) is 0.145. The summed E-state index contributed by atoms with van der Waals surface area (Å²) in [6, 6.07) is 7.04. The predicted molar refractivity (Wildman–Crippen MR) is 107 cm³/mol. The van der Waals surface area contributed by atoms with Crippen molar-refractivity contribution in [1.82, 2.24) is 9.88 Å². The number of pyridine rings is 1. The number of carboxylic acids is 1. The van der Waals surface area contributed by atoms with Crippen LogP contribution in [0.1, 0.15) is 21.6 Å². The van der Waals surface area contributed by atoms with Gasteiger partial charge in [-0.25, -0.2) is 14.6 Å². The number of alkyl halides is 3. The molecule has 1 aliphatic heterocycles. The number of carbonyl (C=O) groups excluding carboxylic acids is 1. The number of aromatic nitrogens is 1. The van der Waals surface area contributed by atoms with Crippen molar-refractivity contribution in [3.63, 3.8) is 0 Å². The number of nitriles is 1.